The van der Waals surface area contributed by atoms with Gasteiger partial charge in [0.25, 0.3) is 0 Å². The van der Waals surface area contributed by atoms with Crippen LogP contribution in [0.25, 0.3) is 0 Å². The average molecular weight is 267 g/mol. The van der Waals surface area contributed by atoms with Crippen molar-refractivity contribution >= 4 is 24.2 Å². The molecule has 0 N–H and O–H groups in total. The molecule has 0 aliphatic rings. The number of hydrogen-bond donors (Lipinski definition) is 0. The van der Waals surface area contributed by atoms with Crippen LogP contribution in [0.5, 0.6) is 0 Å². The van der Waals surface area contributed by atoms with Crippen molar-refractivity contribution in [1.82, 2.24) is 0 Å². The molecule has 0 aromatic rings. The molecule has 0 unspecified atom stereocenters. The van der Waals surface area contributed by atoms with E-state index >= 15 is 0 Å². The van der Waals surface area contributed by atoms with Gasteiger partial charge >= 0.3 is 0 Å². The minimum absolute atomic E-state index is 0.267. The van der Waals surface area contributed by atoms with Crippen LogP contribution in [0.15, 0.2) is 0 Å². The van der Waals surface area contributed by atoms with Gasteiger partial charge in [-0.05, 0) is 10.1 Å². The van der Waals surface area contributed by atoms with Crippen LogP contribution in [0.2, 0.25) is 10.1 Å². The Morgan fingerprint density at radius 1 is 1.00 bits per heavy atom. The predicted octanol–water partition coefficient (Wildman–Crippen LogP) is 4.11. The minimum Gasteiger partial charge on any atom is -0.418 e. The first-order valence-electron chi connectivity index (χ1n) is 4.73. The summed E-state index contributed by atoms with van der Waals surface area (Å²) in [5.74, 6) is 0. The van der Waals surface area contributed by atoms with Gasteiger partial charge in [-0.15, -0.1) is 0 Å². The van der Waals surface area contributed by atoms with Gasteiger partial charge in [-0.25, -0.2) is 0 Å². The lowest BCUT2D eigenvalue weighted by molar-refractivity contribution is 0.333. The lowest BCUT2D eigenvalue weighted by Crippen LogP contribution is -2.55. The fourth-order valence-electron chi connectivity index (χ4n) is 2.19. The molecule has 80 valence electrons. The standard InChI is InChI=1S/C10H23BrOSi/c1-9(2,3)13(8-11,12-7)10(4,5)6/h8H2,1-7H3. The van der Waals surface area contributed by atoms with Crippen LogP contribution in [0.3, 0.4) is 0 Å². The van der Waals surface area contributed by atoms with E-state index in [1.165, 1.54) is 0 Å². The Kier molecular flexibility index (Phi) is 4.23. The third kappa shape index (κ3) is 2.36. The summed E-state index contributed by atoms with van der Waals surface area (Å²) in [5, 5.41) is 0.535. The van der Waals surface area contributed by atoms with Crippen molar-refractivity contribution in [3.8, 4) is 0 Å². The van der Waals surface area contributed by atoms with Crippen LogP contribution >= 0.6 is 15.9 Å². The topological polar surface area (TPSA) is 9.23 Å². The van der Waals surface area contributed by atoms with E-state index in [0.29, 0.717) is 0 Å². The second-order valence-electron chi connectivity index (χ2n) is 5.66. The molecule has 0 saturated carbocycles. The van der Waals surface area contributed by atoms with Gasteiger partial charge in [0, 0.05) is 12.1 Å². The molecule has 0 aromatic carbocycles. The largest absolute Gasteiger partial charge is 0.418 e. The number of alkyl halides is 1. The summed E-state index contributed by atoms with van der Waals surface area (Å²) in [7, 11) is 0.135. The maximum absolute atomic E-state index is 5.91. The highest BCUT2D eigenvalue weighted by Gasteiger charge is 2.53. The highest BCUT2D eigenvalue weighted by molar-refractivity contribution is 9.09. The van der Waals surface area contributed by atoms with Gasteiger partial charge in [0.05, 0.1) is 0 Å². The summed E-state index contributed by atoms with van der Waals surface area (Å²) in [6, 6.07) is 0. The van der Waals surface area contributed by atoms with Crippen molar-refractivity contribution in [2.75, 3.05) is 12.1 Å². The fourth-order valence-corrected chi connectivity index (χ4v) is 12.3. The van der Waals surface area contributed by atoms with E-state index in [0.717, 1.165) is 4.95 Å². The fraction of sp³-hybridized carbons (Fsp3) is 1.00. The van der Waals surface area contributed by atoms with E-state index in [1.54, 1.807) is 0 Å². The van der Waals surface area contributed by atoms with Crippen LogP contribution in [0.4, 0.5) is 0 Å². The third-order valence-corrected chi connectivity index (χ3v) is 11.2. The van der Waals surface area contributed by atoms with Crippen molar-refractivity contribution in [2.45, 2.75) is 51.6 Å². The first-order valence-corrected chi connectivity index (χ1v) is 7.97. The van der Waals surface area contributed by atoms with Crippen LogP contribution in [0.1, 0.15) is 41.5 Å². The van der Waals surface area contributed by atoms with E-state index in [1.807, 2.05) is 7.11 Å². The molecule has 0 aromatic heterocycles. The second kappa shape index (κ2) is 4.03. The molecule has 0 aliphatic carbocycles. The molecule has 13 heavy (non-hydrogen) atoms. The predicted molar refractivity (Wildman–Crippen MR) is 66.0 cm³/mol. The first-order chi connectivity index (χ1) is 5.62. The van der Waals surface area contributed by atoms with Gasteiger partial charge in [0.2, 0.25) is 8.32 Å². The zero-order valence-electron chi connectivity index (χ0n) is 9.99. The SMILES string of the molecule is CO[Si](CBr)(C(C)(C)C)C(C)(C)C. The molecule has 0 aliphatic heterocycles. The van der Waals surface area contributed by atoms with E-state index in [2.05, 4.69) is 57.5 Å². The van der Waals surface area contributed by atoms with Crippen LogP contribution in [-0.4, -0.2) is 20.4 Å². The lowest BCUT2D eigenvalue weighted by Gasteiger charge is -2.49. The van der Waals surface area contributed by atoms with Crippen molar-refractivity contribution in [1.29, 1.82) is 0 Å². The molecule has 0 fully saturated rings. The molecular weight excluding hydrogens is 244 g/mol. The van der Waals surface area contributed by atoms with Crippen LogP contribution < -0.4 is 0 Å². The summed E-state index contributed by atoms with van der Waals surface area (Å²) >= 11 is 3.64. The van der Waals surface area contributed by atoms with Crippen molar-refractivity contribution in [3.63, 3.8) is 0 Å². The van der Waals surface area contributed by atoms with Crippen molar-refractivity contribution in [2.24, 2.45) is 0 Å². The number of rotatable bonds is 2. The molecule has 1 nitrogen and oxygen atoms in total. The maximum Gasteiger partial charge on any atom is 0.213 e. The second-order valence-corrected chi connectivity index (χ2v) is 12.7. The first kappa shape index (κ1) is 13.7. The van der Waals surface area contributed by atoms with Gasteiger partial charge in [-0.2, -0.15) is 0 Å². The Balaban J connectivity index is 5.17. The Hall–Kier alpha value is 0.657. The Morgan fingerprint density at radius 2 is 1.31 bits per heavy atom. The lowest BCUT2D eigenvalue weighted by atomic mass is 10.2. The molecule has 0 rings (SSSR count). The zero-order chi connectivity index (χ0) is 10.9. The number of hydrogen-bond acceptors (Lipinski definition) is 1. The molecule has 0 bridgehead atoms. The summed E-state index contributed by atoms with van der Waals surface area (Å²) < 4.78 is 5.91. The van der Waals surface area contributed by atoms with Crippen molar-refractivity contribution in [3.05, 3.63) is 0 Å². The van der Waals surface area contributed by atoms with E-state index in [4.69, 9.17) is 4.43 Å². The normalized spacial score (nSPS) is 14.8. The molecule has 3 heteroatoms. The molecular formula is C10H23BrOSi. The molecule has 0 spiro atoms. The summed E-state index contributed by atoms with van der Waals surface area (Å²) in [5.41, 5.74) is 0. The average Bonchev–Trinajstić information content (AvgIpc) is 1.84. The summed E-state index contributed by atoms with van der Waals surface area (Å²) in [6.45, 7) is 13.7. The van der Waals surface area contributed by atoms with Crippen LogP contribution in [-0.2, 0) is 4.43 Å². The maximum atomic E-state index is 5.91. The van der Waals surface area contributed by atoms with E-state index in [9.17, 15) is 0 Å². The Bertz CT molecular complexity index is 147. The quantitative estimate of drug-likeness (QED) is 0.540. The van der Waals surface area contributed by atoms with E-state index in [-0.39, 0.29) is 10.1 Å². The van der Waals surface area contributed by atoms with Crippen molar-refractivity contribution < 1.29 is 4.43 Å². The summed E-state index contributed by atoms with van der Waals surface area (Å²) in [4.78, 5) is 1.00. The number of halogens is 1. The zero-order valence-corrected chi connectivity index (χ0v) is 12.6. The monoisotopic (exact) mass is 266 g/mol. The highest BCUT2D eigenvalue weighted by Crippen LogP contribution is 2.51. The summed E-state index contributed by atoms with van der Waals surface area (Å²) in [6.07, 6.45) is 0. The molecule has 0 saturated heterocycles. The van der Waals surface area contributed by atoms with Gasteiger partial charge in [-0.1, -0.05) is 57.5 Å². The van der Waals surface area contributed by atoms with Gasteiger partial charge in [0.15, 0.2) is 0 Å². The molecule has 0 heterocycles. The van der Waals surface area contributed by atoms with E-state index < -0.39 is 8.32 Å². The Morgan fingerprint density at radius 3 is 1.31 bits per heavy atom. The minimum atomic E-state index is -1.73. The van der Waals surface area contributed by atoms with Crippen LogP contribution in [0, 0.1) is 0 Å². The van der Waals surface area contributed by atoms with Gasteiger partial charge in [-0.3, -0.25) is 0 Å². The molecule has 0 radical (unpaired) electrons. The smallest absolute Gasteiger partial charge is 0.213 e. The molecule has 0 atom stereocenters. The highest BCUT2D eigenvalue weighted by atomic mass is 79.9. The Labute approximate surface area is 92.5 Å². The molecule has 0 amide bonds. The van der Waals surface area contributed by atoms with Gasteiger partial charge in [0.1, 0.15) is 0 Å². The third-order valence-electron chi connectivity index (χ3n) is 2.96. The van der Waals surface area contributed by atoms with Gasteiger partial charge < -0.3 is 4.43 Å².